The van der Waals surface area contributed by atoms with E-state index in [-0.39, 0.29) is 6.04 Å². The normalized spacial score (nSPS) is 13.1. The summed E-state index contributed by atoms with van der Waals surface area (Å²) in [7, 11) is -1.00. The van der Waals surface area contributed by atoms with E-state index in [9.17, 15) is 19.1 Å². The molecular weight excluding hydrogens is 1290 g/mol. The number of carbonyl (C=O) groups is 2. The maximum absolute atomic E-state index is 12.7. The second-order valence-corrected chi connectivity index (χ2v) is 24.1. The first-order valence-corrected chi connectivity index (χ1v) is 37.3. The fraction of sp³-hybridized carbons (Fsp3) is 0.313. The quantitative estimate of drug-likeness (QED) is 0.0320. The Morgan fingerprint density at radius 1 is 0.542 bits per heavy atom. The second kappa shape index (κ2) is 51.5. The van der Waals surface area contributed by atoms with Gasteiger partial charge in [-0.05, 0) is 168 Å². The third-order valence-corrected chi connectivity index (χ3v) is 16.7. The molecule has 0 aliphatic carbocycles. The Kier molecular flexibility index (Phi) is 43.3. The lowest BCUT2D eigenvalue weighted by molar-refractivity contribution is -0.143. The van der Waals surface area contributed by atoms with Crippen molar-refractivity contribution < 1.29 is 25.6 Å². The van der Waals surface area contributed by atoms with Crippen LogP contribution in [0.4, 0.5) is 4.39 Å². The molecule has 6 aromatic carbocycles. The Labute approximate surface area is 593 Å². The van der Waals surface area contributed by atoms with Gasteiger partial charge in [-0.3, -0.25) is 33.8 Å². The number of hydrogen-bond acceptors (Lipinski definition) is 9. The molecule has 510 valence electrons. The number of alkyl halides is 2. The topological polar surface area (TPSA) is 142 Å². The summed E-state index contributed by atoms with van der Waals surface area (Å²) in [5, 5.41) is 19.4. The van der Waals surface area contributed by atoms with Crippen molar-refractivity contribution in [3.05, 3.63) is 273 Å². The van der Waals surface area contributed by atoms with Gasteiger partial charge in [0.05, 0.1) is 37.3 Å². The van der Waals surface area contributed by atoms with Gasteiger partial charge in [-0.2, -0.15) is 23.5 Å². The Hall–Kier alpha value is -7.78. The third kappa shape index (κ3) is 33.7. The van der Waals surface area contributed by atoms with Crippen LogP contribution in [-0.2, 0) is 40.7 Å². The van der Waals surface area contributed by atoms with Crippen molar-refractivity contribution in [1.82, 2.24) is 14.9 Å². The van der Waals surface area contributed by atoms with Crippen LogP contribution in [0.25, 0.3) is 48.6 Å². The minimum absolute atomic E-state index is 0.262. The average molecular weight is 1400 g/mol. The van der Waals surface area contributed by atoms with Crippen LogP contribution in [0.15, 0.2) is 205 Å². The Bertz CT molecular complexity index is 3520. The summed E-state index contributed by atoms with van der Waals surface area (Å²) in [6.45, 7) is 13.0. The number of aryl methyl sites for hydroxylation is 3. The zero-order chi connectivity index (χ0) is 70.7. The summed E-state index contributed by atoms with van der Waals surface area (Å²) in [5.41, 5.74) is 21.1. The van der Waals surface area contributed by atoms with Crippen molar-refractivity contribution in [2.75, 3.05) is 37.7 Å². The van der Waals surface area contributed by atoms with Gasteiger partial charge in [-0.1, -0.05) is 270 Å². The molecule has 0 amide bonds. The number of rotatable bonds is 28. The SMILES string of the molecule is BrCc1cccc(/C=C/c2ccc(/C=C/c3ccccc3)cc2)n1.CC.CC.CC.CSCCC(N)C(=O)O.CSCC[C@@H](C(=O)O)N(CC1=N[C@@H](CCc2ccc(CCc3ccccc3)cc2)CCC1)Cc1cccc(/C=C/c2ccc(/C=C/c3ccccc3)cc2)n1.[2H]CF. The number of aliphatic carboxylic acids is 2. The second-order valence-electron chi connectivity index (χ2n) is 21.6. The number of aliphatic imine (C=N–C) groups is 1. The van der Waals surface area contributed by atoms with Crippen LogP contribution in [0.1, 0.15) is 154 Å². The first-order chi connectivity index (χ1) is 47.4. The first kappa shape index (κ1) is 80.7. The molecule has 0 bridgehead atoms. The predicted molar refractivity (Wildman–Crippen MR) is 421 cm³/mol. The van der Waals surface area contributed by atoms with Crippen molar-refractivity contribution in [3.63, 3.8) is 0 Å². The van der Waals surface area contributed by atoms with Crippen molar-refractivity contribution in [2.45, 2.75) is 129 Å². The average Bonchev–Trinajstić information content (AvgIpc) is 1.32. The van der Waals surface area contributed by atoms with Gasteiger partial charge in [0, 0.05) is 24.1 Å². The molecule has 4 N–H and O–H groups in total. The van der Waals surface area contributed by atoms with E-state index in [1.807, 2.05) is 139 Å². The summed E-state index contributed by atoms with van der Waals surface area (Å²) in [5.74, 6) is -0.102. The minimum Gasteiger partial charge on any atom is -0.480 e. The number of carboxylic acid groups (broad SMARTS) is 2. The van der Waals surface area contributed by atoms with Crippen LogP contribution in [0.5, 0.6) is 0 Å². The molecule has 9 nitrogen and oxygen atoms in total. The van der Waals surface area contributed by atoms with E-state index in [2.05, 4.69) is 190 Å². The van der Waals surface area contributed by atoms with E-state index in [1.165, 1.54) is 33.4 Å². The van der Waals surface area contributed by atoms with Crippen LogP contribution in [-0.4, -0.2) is 98.6 Å². The summed E-state index contributed by atoms with van der Waals surface area (Å²) in [6, 6.07) is 68.4. The lowest BCUT2D eigenvalue weighted by atomic mass is 9.96. The van der Waals surface area contributed by atoms with E-state index >= 15 is 0 Å². The lowest BCUT2D eigenvalue weighted by Crippen LogP contribution is -2.44. The summed E-state index contributed by atoms with van der Waals surface area (Å²) in [4.78, 5) is 39.6. The van der Waals surface area contributed by atoms with Crippen molar-refractivity contribution in [2.24, 2.45) is 10.7 Å². The molecule has 3 heterocycles. The number of nitrogens with two attached hydrogens (primary N) is 1. The van der Waals surface area contributed by atoms with Crippen molar-refractivity contribution in [3.8, 4) is 0 Å². The van der Waals surface area contributed by atoms with Gasteiger partial charge in [0.1, 0.15) is 12.1 Å². The highest BCUT2D eigenvalue weighted by atomic mass is 79.9. The number of aromatic nitrogens is 2. The molecule has 0 saturated heterocycles. The molecule has 9 rings (SSSR count). The third-order valence-electron chi connectivity index (χ3n) is 14.8. The molecule has 13 heteroatoms. The summed E-state index contributed by atoms with van der Waals surface area (Å²) in [6.07, 6.45) is 29.0. The van der Waals surface area contributed by atoms with Crippen LogP contribution in [0.2, 0.25) is 0 Å². The van der Waals surface area contributed by atoms with Gasteiger partial charge in [-0.15, -0.1) is 0 Å². The number of thioether (sulfide) groups is 2. The van der Waals surface area contributed by atoms with Crippen LogP contribution in [0.3, 0.4) is 0 Å². The highest BCUT2D eigenvalue weighted by Gasteiger charge is 2.28. The Morgan fingerprint density at radius 2 is 0.938 bits per heavy atom. The number of halogens is 2. The first-order valence-electron chi connectivity index (χ1n) is 34.1. The smallest absolute Gasteiger partial charge is 0.320 e. The van der Waals surface area contributed by atoms with Gasteiger partial charge in [0.25, 0.3) is 0 Å². The molecule has 2 aromatic heterocycles. The van der Waals surface area contributed by atoms with Crippen LogP contribution >= 0.6 is 39.5 Å². The van der Waals surface area contributed by atoms with Gasteiger partial charge < -0.3 is 15.9 Å². The van der Waals surface area contributed by atoms with E-state index in [0.717, 1.165) is 107 Å². The molecule has 1 unspecified atom stereocenters. The van der Waals surface area contributed by atoms with Crippen molar-refractivity contribution in [1.29, 1.82) is 0 Å². The number of nitrogens with zero attached hydrogens (tertiary/aromatic N) is 4. The Morgan fingerprint density at radius 3 is 1.38 bits per heavy atom. The Balaban J connectivity index is 0.000000477. The minimum atomic E-state index is -1.00. The number of hydrogen-bond donors (Lipinski definition) is 3. The van der Waals surface area contributed by atoms with Gasteiger partial charge >= 0.3 is 11.9 Å². The van der Waals surface area contributed by atoms with Crippen LogP contribution < -0.4 is 5.73 Å². The fourth-order valence-corrected chi connectivity index (χ4v) is 11.1. The molecule has 1 aliphatic heterocycles. The molecule has 1 aliphatic rings. The van der Waals surface area contributed by atoms with Crippen molar-refractivity contribution >= 4 is 106 Å². The standard InChI is InChI=1S/C49H53N3O2S.C22H18BrN.C5H11NO2S.3C2H6.CH3F/c1-55-35-34-48(49(53)54)52(36-46-16-8-14-44(50-46)32-30-42-26-22-40(23-27-42)20-18-38-10-4-2-5-11-38)37-47-17-9-15-45(51-47)33-31-43-28-24-41(25-29-43)21-19-39-12-6-3-7-13-39;23-17-22-8-4-7-21(24-22)16-15-20-13-11-19(12-14-20)10-9-18-5-2-1-3-6-18;1-9-3-2-4(6)5(7)8;4*1-2/h2-8,10-14,16,18,20,22-30,32,45,48H,9,15,17,19,21,31,33-37H2,1H3,(H,53,54);1-16H,17H2;4H,2-3,6H2,1H3,(H,7,8);3*1-2H3;1H3/b20-18+,32-30+;10-9+,16-15+;;;;;/t45-,48+;;;;;;/m1....../s1/i;;;;;;1D. The molecule has 3 atom stereocenters. The van der Waals surface area contributed by atoms with E-state index in [1.54, 1.807) is 23.5 Å². The predicted octanol–water partition coefficient (Wildman–Crippen LogP) is 21.0. The van der Waals surface area contributed by atoms with Gasteiger partial charge in [-0.25, -0.2) is 0 Å². The monoisotopic (exact) mass is 1400 g/mol. The molecule has 0 saturated carbocycles. The molecule has 0 fully saturated rings. The summed E-state index contributed by atoms with van der Waals surface area (Å²) < 4.78 is 15.5. The maximum atomic E-state index is 12.7. The maximum Gasteiger partial charge on any atom is 0.320 e. The zero-order valence-electron chi connectivity index (χ0n) is 58.7. The largest absolute Gasteiger partial charge is 0.480 e. The summed E-state index contributed by atoms with van der Waals surface area (Å²) >= 11 is 6.72. The number of carboxylic acids is 2. The number of pyridine rings is 2. The van der Waals surface area contributed by atoms with Crippen LogP contribution in [0, 0.1) is 0 Å². The number of benzene rings is 6. The fourth-order valence-electron chi connectivity index (χ4n) is 9.83. The van der Waals surface area contributed by atoms with Gasteiger partial charge in [0.15, 0.2) is 0 Å². The molecular formula is C83H103BrFN5O4S2. The molecule has 0 radical (unpaired) electrons. The van der Waals surface area contributed by atoms with E-state index in [4.69, 9.17) is 22.2 Å². The molecule has 96 heavy (non-hydrogen) atoms. The van der Waals surface area contributed by atoms with E-state index < -0.39 is 31.2 Å². The molecule has 0 spiro atoms. The van der Waals surface area contributed by atoms with Gasteiger partial charge in [0.2, 0.25) is 0 Å². The zero-order valence-corrected chi connectivity index (χ0v) is 60.9. The van der Waals surface area contributed by atoms with E-state index in [0.29, 0.717) is 25.9 Å². The molecule has 8 aromatic rings. The highest BCUT2D eigenvalue weighted by molar-refractivity contribution is 9.08. The highest BCUT2D eigenvalue weighted by Crippen LogP contribution is 2.23. The lowest BCUT2D eigenvalue weighted by Gasteiger charge is -2.31.